The van der Waals surface area contributed by atoms with Crippen LogP contribution in [0.15, 0.2) is 24.3 Å². The van der Waals surface area contributed by atoms with Gasteiger partial charge in [-0.3, -0.25) is 4.79 Å². The summed E-state index contributed by atoms with van der Waals surface area (Å²) in [6.45, 7) is 6.04. The van der Waals surface area contributed by atoms with E-state index in [-0.39, 0.29) is 5.78 Å². The smallest absolute Gasteiger partial charge is 0.171 e. The third-order valence-corrected chi connectivity index (χ3v) is 3.95. The number of Topliss-reactive ketones (excluding diaryl/α,β-unsaturated/α-hetero) is 1. The largest absolute Gasteiger partial charge is 0.486 e. The van der Waals surface area contributed by atoms with Gasteiger partial charge in [0.15, 0.2) is 5.78 Å². The number of thiazole rings is 1. The maximum Gasteiger partial charge on any atom is 0.171 e. The first-order valence-electron chi connectivity index (χ1n) is 6.29. The fraction of sp³-hybridized carbons (Fsp3) is 0.333. The second kappa shape index (κ2) is 5.97. The van der Waals surface area contributed by atoms with Gasteiger partial charge in [-0.1, -0.05) is 24.6 Å². The minimum absolute atomic E-state index is 0.0796. The lowest BCUT2D eigenvalue weighted by atomic mass is 10.2. The zero-order chi connectivity index (χ0) is 13.8. The third kappa shape index (κ3) is 3.41. The summed E-state index contributed by atoms with van der Waals surface area (Å²) in [5.74, 6) is 0.902. The zero-order valence-corrected chi connectivity index (χ0v) is 12.2. The van der Waals surface area contributed by atoms with Crippen LogP contribution in [0, 0.1) is 6.92 Å². The summed E-state index contributed by atoms with van der Waals surface area (Å²) in [4.78, 5) is 16.7. The number of hydrogen-bond donors (Lipinski definition) is 0. The lowest BCUT2D eigenvalue weighted by molar-refractivity contribution is 0.102. The number of nitrogens with zero attached hydrogens (tertiary/aromatic N) is 1. The molecule has 0 saturated heterocycles. The number of benzene rings is 1. The number of ketones is 1. The highest BCUT2D eigenvalue weighted by Crippen LogP contribution is 2.21. The summed E-state index contributed by atoms with van der Waals surface area (Å²) in [6, 6.07) is 7.90. The predicted octanol–water partition coefficient (Wildman–Crippen LogP) is 3.80. The van der Waals surface area contributed by atoms with E-state index in [0.29, 0.717) is 6.61 Å². The van der Waals surface area contributed by atoms with Crippen molar-refractivity contribution in [3.63, 3.8) is 0 Å². The molecule has 0 spiro atoms. The summed E-state index contributed by atoms with van der Waals surface area (Å²) < 4.78 is 5.68. The maximum absolute atomic E-state index is 11.5. The van der Waals surface area contributed by atoms with Gasteiger partial charge in [0.25, 0.3) is 0 Å². The van der Waals surface area contributed by atoms with Gasteiger partial charge in [-0.2, -0.15) is 0 Å². The van der Waals surface area contributed by atoms with Crippen LogP contribution in [0.3, 0.4) is 0 Å². The molecule has 2 aromatic rings. The van der Waals surface area contributed by atoms with Gasteiger partial charge in [-0.15, -0.1) is 11.3 Å². The maximum atomic E-state index is 11.5. The lowest BCUT2D eigenvalue weighted by Crippen LogP contribution is -1.95. The Morgan fingerprint density at radius 3 is 2.53 bits per heavy atom. The average Bonchev–Trinajstić information content (AvgIpc) is 2.81. The van der Waals surface area contributed by atoms with Crippen LogP contribution < -0.4 is 4.74 Å². The van der Waals surface area contributed by atoms with Gasteiger partial charge in [0.1, 0.15) is 17.4 Å². The molecule has 0 aliphatic heterocycles. The second-order valence-corrected chi connectivity index (χ2v) is 5.48. The molecule has 19 heavy (non-hydrogen) atoms. The highest BCUT2D eigenvalue weighted by Gasteiger charge is 2.13. The molecule has 0 aliphatic carbocycles. The van der Waals surface area contributed by atoms with Crippen molar-refractivity contribution in [2.75, 3.05) is 0 Å². The Labute approximate surface area is 117 Å². The van der Waals surface area contributed by atoms with Gasteiger partial charge in [-0.05, 0) is 25.5 Å². The zero-order valence-electron chi connectivity index (χ0n) is 11.4. The van der Waals surface area contributed by atoms with Crippen LogP contribution in [0.2, 0.25) is 0 Å². The van der Waals surface area contributed by atoms with Crippen molar-refractivity contribution in [1.82, 2.24) is 4.98 Å². The molecule has 2 rings (SSSR count). The first-order chi connectivity index (χ1) is 9.10. The van der Waals surface area contributed by atoms with E-state index in [1.807, 2.05) is 38.1 Å². The van der Waals surface area contributed by atoms with Crippen molar-refractivity contribution in [1.29, 1.82) is 0 Å². The lowest BCUT2D eigenvalue weighted by Gasteiger charge is -2.03. The second-order valence-electron chi connectivity index (χ2n) is 4.39. The molecule has 0 radical (unpaired) electrons. The van der Waals surface area contributed by atoms with Crippen LogP contribution in [0.4, 0.5) is 0 Å². The number of hydrogen-bond acceptors (Lipinski definition) is 4. The fourth-order valence-corrected chi connectivity index (χ4v) is 2.72. The van der Waals surface area contributed by atoms with Gasteiger partial charge >= 0.3 is 0 Å². The molecule has 3 nitrogen and oxygen atoms in total. The first kappa shape index (κ1) is 13.7. The van der Waals surface area contributed by atoms with Crippen molar-refractivity contribution in [2.45, 2.75) is 33.8 Å². The SMILES string of the molecule is CCc1nc(COc2ccc(C)cc2)sc1C(C)=O. The number of ether oxygens (including phenoxy) is 1. The molecule has 1 aromatic heterocycles. The van der Waals surface area contributed by atoms with Gasteiger partial charge in [0, 0.05) is 6.92 Å². The highest BCUT2D eigenvalue weighted by molar-refractivity contribution is 7.13. The monoisotopic (exact) mass is 275 g/mol. The van der Waals surface area contributed by atoms with Crippen LogP contribution in [-0.2, 0) is 13.0 Å². The third-order valence-electron chi connectivity index (χ3n) is 2.78. The summed E-state index contributed by atoms with van der Waals surface area (Å²) in [6.07, 6.45) is 0.774. The number of carbonyl (C=O) groups excluding carboxylic acids is 1. The van der Waals surface area contributed by atoms with E-state index in [2.05, 4.69) is 4.98 Å². The Morgan fingerprint density at radius 2 is 2.00 bits per heavy atom. The molecule has 1 heterocycles. The van der Waals surface area contributed by atoms with Gasteiger partial charge < -0.3 is 4.74 Å². The normalized spacial score (nSPS) is 10.5. The number of aryl methyl sites for hydroxylation is 2. The van der Waals surface area contributed by atoms with Crippen LogP contribution in [0.5, 0.6) is 5.75 Å². The number of rotatable bonds is 5. The molecule has 0 aliphatic rings. The fourth-order valence-electron chi connectivity index (χ4n) is 1.76. The standard InChI is InChI=1S/C15H17NO2S/c1-4-13-15(11(3)17)19-14(16-13)9-18-12-7-5-10(2)6-8-12/h5-8H,4,9H2,1-3H3. The van der Waals surface area contributed by atoms with Crippen LogP contribution >= 0.6 is 11.3 Å². The van der Waals surface area contributed by atoms with E-state index in [4.69, 9.17) is 4.74 Å². The molecule has 0 saturated carbocycles. The van der Waals surface area contributed by atoms with Crippen LogP contribution in [0.1, 0.15) is 39.8 Å². The van der Waals surface area contributed by atoms with E-state index in [1.165, 1.54) is 16.9 Å². The van der Waals surface area contributed by atoms with E-state index in [0.717, 1.165) is 27.7 Å². The van der Waals surface area contributed by atoms with Gasteiger partial charge in [0.05, 0.1) is 10.6 Å². The van der Waals surface area contributed by atoms with Crippen molar-refractivity contribution < 1.29 is 9.53 Å². The van der Waals surface area contributed by atoms with Crippen molar-refractivity contribution in [3.05, 3.63) is 45.4 Å². The number of carbonyl (C=O) groups is 1. The average molecular weight is 275 g/mol. The molecule has 0 amide bonds. The van der Waals surface area contributed by atoms with E-state index in [1.54, 1.807) is 6.92 Å². The molecule has 1 aromatic carbocycles. The Bertz CT molecular complexity index is 572. The van der Waals surface area contributed by atoms with E-state index >= 15 is 0 Å². The number of aromatic nitrogens is 1. The van der Waals surface area contributed by atoms with Gasteiger partial charge in [0.2, 0.25) is 0 Å². The Hall–Kier alpha value is -1.68. The Morgan fingerprint density at radius 1 is 1.32 bits per heavy atom. The van der Waals surface area contributed by atoms with Crippen LogP contribution in [-0.4, -0.2) is 10.8 Å². The minimum Gasteiger partial charge on any atom is -0.486 e. The van der Waals surface area contributed by atoms with Gasteiger partial charge in [-0.25, -0.2) is 4.98 Å². The summed E-state index contributed by atoms with van der Waals surface area (Å²) in [5, 5.41) is 0.850. The van der Waals surface area contributed by atoms with Crippen molar-refractivity contribution in [2.24, 2.45) is 0 Å². The Balaban J connectivity index is 2.07. The van der Waals surface area contributed by atoms with Crippen molar-refractivity contribution in [3.8, 4) is 5.75 Å². The topological polar surface area (TPSA) is 39.2 Å². The van der Waals surface area contributed by atoms with Crippen molar-refractivity contribution >= 4 is 17.1 Å². The minimum atomic E-state index is 0.0796. The molecular formula is C15H17NO2S. The molecule has 0 atom stereocenters. The summed E-state index contributed by atoms with van der Waals surface area (Å²) in [7, 11) is 0. The molecule has 0 fully saturated rings. The molecule has 0 N–H and O–H groups in total. The molecule has 0 bridgehead atoms. The summed E-state index contributed by atoms with van der Waals surface area (Å²) in [5.41, 5.74) is 2.08. The predicted molar refractivity (Wildman–Crippen MR) is 77.0 cm³/mol. The van der Waals surface area contributed by atoms with Crippen LogP contribution in [0.25, 0.3) is 0 Å². The van der Waals surface area contributed by atoms with E-state index < -0.39 is 0 Å². The quantitative estimate of drug-likeness (QED) is 0.779. The molecular weight excluding hydrogens is 258 g/mol. The molecule has 0 unspecified atom stereocenters. The summed E-state index contributed by atoms with van der Waals surface area (Å²) >= 11 is 1.43. The first-order valence-corrected chi connectivity index (χ1v) is 7.10. The highest BCUT2D eigenvalue weighted by atomic mass is 32.1. The molecule has 100 valence electrons. The molecule has 4 heteroatoms. The van der Waals surface area contributed by atoms with E-state index in [9.17, 15) is 4.79 Å². The Kier molecular flexibility index (Phi) is 4.32.